The van der Waals surface area contributed by atoms with Crippen LogP contribution < -0.4 is 15.4 Å². The molecule has 0 spiro atoms. The van der Waals surface area contributed by atoms with E-state index in [0.717, 1.165) is 36.9 Å². The predicted molar refractivity (Wildman–Crippen MR) is 105 cm³/mol. The lowest BCUT2D eigenvalue weighted by Gasteiger charge is -2.36. The number of anilines is 1. The fraction of sp³-hybridized carbons (Fsp3) is 0.611. The van der Waals surface area contributed by atoms with Gasteiger partial charge in [0.1, 0.15) is 0 Å². The summed E-state index contributed by atoms with van der Waals surface area (Å²) in [6.07, 6.45) is 6.73. The van der Waals surface area contributed by atoms with Gasteiger partial charge in [-0.05, 0) is 62.0 Å². The average molecular weight is 402 g/mol. The monoisotopic (exact) mass is 401 g/mol. The molecule has 1 fully saturated rings. The zero-order valence-electron chi connectivity index (χ0n) is 15.2. The lowest BCUT2D eigenvalue weighted by Crippen LogP contribution is -2.40. The molecule has 1 heterocycles. The van der Waals surface area contributed by atoms with Crippen LogP contribution in [0, 0.1) is 5.41 Å². The number of sulfonamides is 1. The minimum absolute atomic E-state index is 0. The van der Waals surface area contributed by atoms with Gasteiger partial charge >= 0.3 is 0 Å². The minimum atomic E-state index is -3.46. The topological polar surface area (TPSA) is 92.5 Å². The van der Waals surface area contributed by atoms with Crippen molar-refractivity contribution in [2.75, 3.05) is 25.0 Å². The summed E-state index contributed by atoms with van der Waals surface area (Å²) >= 11 is 0. The van der Waals surface area contributed by atoms with E-state index < -0.39 is 10.0 Å². The van der Waals surface area contributed by atoms with Crippen LogP contribution >= 0.6 is 12.4 Å². The number of hydrogen-bond donors (Lipinski definition) is 2. The molecule has 2 aliphatic rings. The number of halogens is 1. The first-order valence-electron chi connectivity index (χ1n) is 8.98. The molecule has 1 aromatic rings. The third-order valence-corrected chi connectivity index (χ3v) is 7.11. The smallest absolute Gasteiger partial charge is 0.240 e. The van der Waals surface area contributed by atoms with Gasteiger partial charge in [-0.25, -0.2) is 13.1 Å². The van der Waals surface area contributed by atoms with Gasteiger partial charge < -0.3 is 10.6 Å². The van der Waals surface area contributed by atoms with Gasteiger partial charge in [0.2, 0.25) is 15.9 Å². The fourth-order valence-corrected chi connectivity index (χ4v) is 4.87. The molecule has 1 aromatic carbocycles. The molecule has 1 aliphatic heterocycles. The van der Waals surface area contributed by atoms with Crippen molar-refractivity contribution in [2.45, 2.75) is 49.8 Å². The standard InChI is InChI=1S/C18H27N3O3S.ClH/c1-20-25(23,24)15-5-6-16-14(11-15)7-10-21(16)17(22)12-18(13-19)8-3-2-4-9-18;/h5-6,11,20H,2-4,7-10,12-13,19H2,1H3;1H. The molecule has 1 saturated carbocycles. The van der Waals surface area contributed by atoms with E-state index in [-0.39, 0.29) is 28.6 Å². The second-order valence-corrected chi connectivity index (χ2v) is 9.12. The Morgan fingerprint density at radius 3 is 2.58 bits per heavy atom. The van der Waals surface area contributed by atoms with Crippen molar-refractivity contribution in [3.8, 4) is 0 Å². The van der Waals surface area contributed by atoms with E-state index in [4.69, 9.17) is 5.73 Å². The fourth-order valence-electron chi connectivity index (χ4n) is 4.09. The van der Waals surface area contributed by atoms with Crippen LogP contribution in [0.2, 0.25) is 0 Å². The molecule has 3 N–H and O–H groups in total. The minimum Gasteiger partial charge on any atom is -0.330 e. The van der Waals surface area contributed by atoms with Crippen molar-refractivity contribution >= 4 is 34.0 Å². The maximum atomic E-state index is 12.9. The molecule has 1 amide bonds. The lowest BCUT2D eigenvalue weighted by atomic mass is 9.71. The predicted octanol–water partition coefficient (Wildman–Crippen LogP) is 2.20. The van der Waals surface area contributed by atoms with Crippen LogP contribution in [0.1, 0.15) is 44.1 Å². The van der Waals surface area contributed by atoms with Crippen molar-refractivity contribution in [2.24, 2.45) is 11.1 Å². The summed E-state index contributed by atoms with van der Waals surface area (Å²) in [5.41, 5.74) is 7.70. The maximum Gasteiger partial charge on any atom is 0.240 e. The van der Waals surface area contributed by atoms with Crippen molar-refractivity contribution in [3.05, 3.63) is 23.8 Å². The molecule has 8 heteroatoms. The number of rotatable bonds is 5. The largest absolute Gasteiger partial charge is 0.330 e. The second-order valence-electron chi connectivity index (χ2n) is 7.24. The van der Waals surface area contributed by atoms with Gasteiger partial charge in [-0.1, -0.05) is 19.3 Å². The maximum absolute atomic E-state index is 12.9. The van der Waals surface area contributed by atoms with Gasteiger partial charge in [-0.3, -0.25) is 4.79 Å². The normalized spacial score (nSPS) is 18.9. The third-order valence-electron chi connectivity index (χ3n) is 5.70. The number of nitrogens with one attached hydrogen (secondary N) is 1. The SMILES string of the molecule is CNS(=O)(=O)c1ccc2c(c1)CCN2C(=O)CC1(CN)CCCCC1.Cl. The Bertz CT molecular complexity index is 761. The Kier molecular flexibility index (Phi) is 6.71. The molecule has 0 radical (unpaired) electrons. The molecule has 3 rings (SSSR count). The van der Waals surface area contributed by atoms with Crippen LogP contribution in [0.5, 0.6) is 0 Å². The summed E-state index contributed by atoms with van der Waals surface area (Å²) < 4.78 is 26.2. The van der Waals surface area contributed by atoms with E-state index in [0.29, 0.717) is 25.9 Å². The second kappa shape index (κ2) is 8.25. The van der Waals surface area contributed by atoms with E-state index in [1.54, 1.807) is 23.1 Å². The molecule has 0 aromatic heterocycles. The van der Waals surface area contributed by atoms with Crippen molar-refractivity contribution < 1.29 is 13.2 Å². The number of carbonyl (C=O) groups excluding carboxylic acids is 1. The Morgan fingerprint density at radius 2 is 1.96 bits per heavy atom. The van der Waals surface area contributed by atoms with Gasteiger partial charge in [-0.15, -0.1) is 12.4 Å². The highest BCUT2D eigenvalue weighted by Crippen LogP contribution is 2.40. The van der Waals surface area contributed by atoms with Crippen molar-refractivity contribution in [3.63, 3.8) is 0 Å². The zero-order valence-corrected chi connectivity index (χ0v) is 16.8. The zero-order chi connectivity index (χ0) is 18.1. The molecule has 0 unspecified atom stereocenters. The number of nitrogens with zero attached hydrogens (tertiary/aromatic N) is 1. The Morgan fingerprint density at radius 1 is 1.27 bits per heavy atom. The van der Waals surface area contributed by atoms with E-state index in [1.807, 2.05) is 0 Å². The summed E-state index contributed by atoms with van der Waals surface area (Å²) in [6, 6.07) is 4.99. The van der Waals surface area contributed by atoms with Crippen molar-refractivity contribution in [1.29, 1.82) is 0 Å². The molecule has 26 heavy (non-hydrogen) atoms. The van der Waals surface area contributed by atoms with Crippen molar-refractivity contribution in [1.82, 2.24) is 4.72 Å². The summed E-state index contributed by atoms with van der Waals surface area (Å²) in [4.78, 5) is 15.0. The Balaban J connectivity index is 0.00000243. The Labute approximate surface area is 162 Å². The van der Waals surface area contributed by atoms with E-state index in [9.17, 15) is 13.2 Å². The highest BCUT2D eigenvalue weighted by Gasteiger charge is 2.36. The first-order valence-corrected chi connectivity index (χ1v) is 10.5. The number of hydrogen-bond acceptors (Lipinski definition) is 4. The first kappa shape index (κ1) is 21.2. The van der Waals surface area contributed by atoms with Gasteiger partial charge in [0, 0.05) is 18.7 Å². The quantitative estimate of drug-likeness (QED) is 0.791. The molecule has 0 saturated heterocycles. The van der Waals surface area contributed by atoms with Gasteiger partial charge in [0.05, 0.1) is 4.90 Å². The lowest BCUT2D eigenvalue weighted by molar-refractivity contribution is -0.121. The van der Waals surface area contributed by atoms with Crippen LogP contribution in [0.4, 0.5) is 5.69 Å². The van der Waals surface area contributed by atoms with Gasteiger partial charge in [-0.2, -0.15) is 0 Å². The van der Waals surface area contributed by atoms with E-state index in [2.05, 4.69) is 4.72 Å². The number of amides is 1. The summed E-state index contributed by atoms with van der Waals surface area (Å²) in [7, 11) is -2.07. The summed E-state index contributed by atoms with van der Waals surface area (Å²) in [5.74, 6) is 0.107. The number of carbonyl (C=O) groups is 1. The van der Waals surface area contributed by atoms with Crippen LogP contribution in [0.25, 0.3) is 0 Å². The summed E-state index contributed by atoms with van der Waals surface area (Å²) in [6.45, 7) is 1.16. The van der Waals surface area contributed by atoms with E-state index >= 15 is 0 Å². The molecule has 0 atom stereocenters. The molecule has 1 aliphatic carbocycles. The third kappa shape index (κ3) is 4.06. The van der Waals surface area contributed by atoms with Crippen LogP contribution in [0.3, 0.4) is 0 Å². The molecular formula is C18H28ClN3O3S. The number of benzene rings is 1. The highest BCUT2D eigenvalue weighted by molar-refractivity contribution is 7.89. The van der Waals surface area contributed by atoms with E-state index in [1.165, 1.54) is 13.5 Å². The highest BCUT2D eigenvalue weighted by atomic mass is 35.5. The molecule has 0 bridgehead atoms. The average Bonchev–Trinajstić information content (AvgIpc) is 3.05. The molecule has 146 valence electrons. The molecular weight excluding hydrogens is 374 g/mol. The van der Waals surface area contributed by atoms with Crippen LogP contribution in [0.15, 0.2) is 23.1 Å². The first-order chi connectivity index (χ1) is 11.9. The van der Waals surface area contributed by atoms with Gasteiger partial charge in [0.25, 0.3) is 0 Å². The van der Waals surface area contributed by atoms with Crippen LogP contribution in [-0.2, 0) is 21.2 Å². The number of fused-ring (bicyclic) bond motifs is 1. The summed E-state index contributed by atoms with van der Waals surface area (Å²) in [5, 5.41) is 0. The van der Waals surface area contributed by atoms with Gasteiger partial charge in [0.15, 0.2) is 0 Å². The van der Waals surface area contributed by atoms with Crippen LogP contribution in [-0.4, -0.2) is 34.5 Å². The Hall–Kier alpha value is -1.15. The molecule has 6 nitrogen and oxygen atoms in total. The number of nitrogens with two attached hydrogens (primary N) is 1.